The Labute approximate surface area is 104 Å². The minimum atomic E-state index is 0.233. The van der Waals surface area contributed by atoms with Crippen molar-refractivity contribution in [3.8, 4) is 23.6 Å². The lowest BCUT2D eigenvalue weighted by atomic mass is 10.1. The summed E-state index contributed by atoms with van der Waals surface area (Å²) in [6.07, 6.45) is 0. The Morgan fingerprint density at radius 3 is 2.28 bits per heavy atom. The topological polar surface area (TPSA) is 82.8 Å². The van der Waals surface area contributed by atoms with Gasteiger partial charge in [-0.1, -0.05) is 6.07 Å². The van der Waals surface area contributed by atoms with Gasteiger partial charge in [0.1, 0.15) is 29.2 Å². The van der Waals surface area contributed by atoms with Crippen molar-refractivity contribution in [2.75, 3.05) is 5.73 Å². The molecule has 0 saturated carbocycles. The summed E-state index contributed by atoms with van der Waals surface area (Å²) in [4.78, 5) is 0. The Bertz CT molecular complexity index is 648. The summed E-state index contributed by atoms with van der Waals surface area (Å²) in [6, 6.07) is 15.6. The van der Waals surface area contributed by atoms with E-state index in [1.54, 1.807) is 42.5 Å². The van der Waals surface area contributed by atoms with E-state index in [0.29, 0.717) is 22.7 Å². The molecule has 0 aliphatic rings. The lowest BCUT2D eigenvalue weighted by Gasteiger charge is -2.08. The van der Waals surface area contributed by atoms with Crippen molar-refractivity contribution in [1.82, 2.24) is 0 Å². The van der Waals surface area contributed by atoms with Gasteiger partial charge in [0, 0.05) is 5.69 Å². The summed E-state index contributed by atoms with van der Waals surface area (Å²) in [6.45, 7) is 0. The molecule has 0 radical (unpaired) electrons. The molecule has 0 bridgehead atoms. The molecule has 4 heteroatoms. The average Bonchev–Trinajstić information content (AvgIpc) is 2.41. The number of benzene rings is 2. The molecule has 0 atom stereocenters. The number of hydrogen-bond donors (Lipinski definition) is 1. The molecule has 18 heavy (non-hydrogen) atoms. The Morgan fingerprint density at radius 1 is 0.944 bits per heavy atom. The lowest BCUT2D eigenvalue weighted by Crippen LogP contribution is -1.92. The minimum Gasteiger partial charge on any atom is -0.456 e. The molecule has 2 rings (SSSR count). The second-order valence-electron chi connectivity index (χ2n) is 3.57. The van der Waals surface area contributed by atoms with Crippen molar-refractivity contribution in [3.05, 3.63) is 53.6 Å². The molecule has 0 aliphatic heterocycles. The molecular weight excluding hydrogens is 226 g/mol. The molecule has 0 aliphatic carbocycles. The maximum atomic E-state index is 9.05. The summed E-state index contributed by atoms with van der Waals surface area (Å²) in [5, 5.41) is 18.0. The summed E-state index contributed by atoms with van der Waals surface area (Å²) in [5.74, 6) is 0.928. The van der Waals surface area contributed by atoms with Crippen molar-refractivity contribution in [2.45, 2.75) is 0 Å². The number of hydrogen-bond acceptors (Lipinski definition) is 4. The molecule has 0 unspecified atom stereocenters. The van der Waals surface area contributed by atoms with Gasteiger partial charge < -0.3 is 10.5 Å². The van der Waals surface area contributed by atoms with Gasteiger partial charge in [0.05, 0.1) is 5.56 Å². The number of rotatable bonds is 2. The smallest absolute Gasteiger partial charge is 0.146 e. The highest BCUT2D eigenvalue weighted by Gasteiger charge is 2.09. The number of nitrogen functional groups attached to an aromatic ring is 1. The fourth-order valence-electron chi connectivity index (χ4n) is 1.49. The van der Waals surface area contributed by atoms with Gasteiger partial charge in [0.2, 0.25) is 0 Å². The first-order valence-electron chi connectivity index (χ1n) is 5.21. The van der Waals surface area contributed by atoms with Gasteiger partial charge in [-0.25, -0.2) is 0 Å². The standard InChI is InChI=1S/C14H9N3O/c15-8-10-2-1-3-14(13(10)9-16)18-12-6-4-11(17)5-7-12/h1-7H,17H2. The first-order valence-corrected chi connectivity index (χ1v) is 5.21. The monoisotopic (exact) mass is 235 g/mol. The second kappa shape index (κ2) is 4.90. The van der Waals surface area contributed by atoms with Gasteiger partial charge in [-0.15, -0.1) is 0 Å². The van der Waals surface area contributed by atoms with Crippen LogP contribution in [0.3, 0.4) is 0 Å². The van der Waals surface area contributed by atoms with E-state index < -0.39 is 0 Å². The molecule has 4 nitrogen and oxygen atoms in total. The molecule has 0 fully saturated rings. The largest absolute Gasteiger partial charge is 0.456 e. The zero-order valence-corrected chi connectivity index (χ0v) is 9.42. The van der Waals surface area contributed by atoms with Crippen LogP contribution in [0.5, 0.6) is 11.5 Å². The predicted octanol–water partition coefficient (Wildman–Crippen LogP) is 2.80. The molecule has 0 spiro atoms. The Kier molecular flexibility index (Phi) is 3.13. The summed E-state index contributed by atoms with van der Waals surface area (Å²) in [7, 11) is 0. The average molecular weight is 235 g/mol. The van der Waals surface area contributed by atoms with Crippen molar-refractivity contribution < 1.29 is 4.74 Å². The first kappa shape index (κ1) is 11.5. The number of nitrogens with zero attached hydrogens (tertiary/aromatic N) is 2. The molecule has 2 N–H and O–H groups in total. The Balaban J connectivity index is 2.38. The molecule has 2 aromatic rings. The van der Waals surface area contributed by atoms with Crippen molar-refractivity contribution in [1.29, 1.82) is 10.5 Å². The number of nitrogens with two attached hydrogens (primary N) is 1. The SMILES string of the molecule is N#Cc1cccc(Oc2ccc(N)cc2)c1C#N. The molecule has 86 valence electrons. The predicted molar refractivity (Wildman–Crippen MR) is 66.8 cm³/mol. The van der Waals surface area contributed by atoms with Crippen LogP contribution < -0.4 is 10.5 Å². The van der Waals surface area contributed by atoms with Crippen molar-refractivity contribution >= 4 is 5.69 Å². The summed E-state index contributed by atoms with van der Waals surface area (Å²) in [5.41, 5.74) is 6.73. The second-order valence-corrected chi connectivity index (χ2v) is 3.57. The van der Waals surface area contributed by atoms with Crippen LogP contribution >= 0.6 is 0 Å². The highest BCUT2D eigenvalue weighted by atomic mass is 16.5. The fourth-order valence-corrected chi connectivity index (χ4v) is 1.49. The first-order chi connectivity index (χ1) is 8.74. The van der Waals surface area contributed by atoms with Crippen LogP contribution in [0, 0.1) is 22.7 Å². The Hall–Kier alpha value is -2.98. The van der Waals surface area contributed by atoms with Gasteiger partial charge in [-0.05, 0) is 36.4 Å². The molecule has 0 heterocycles. The van der Waals surface area contributed by atoms with E-state index in [0.717, 1.165) is 0 Å². The van der Waals surface area contributed by atoms with Crippen LogP contribution in [0.2, 0.25) is 0 Å². The van der Waals surface area contributed by atoms with E-state index in [1.807, 2.05) is 12.1 Å². The minimum absolute atomic E-state index is 0.233. The van der Waals surface area contributed by atoms with Gasteiger partial charge in [-0.2, -0.15) is 10.5 Å². The Morgan fingerprint density at radius 2 is 1.67 bits per heavy atom. The molecule has 0 saturated heterocycles. The van der Waals surface area contributed by atoms with Crippen molar-refractivity contribution in [3.63, 3.8) is 0 Å². The zero-order valence-electron chi connectivity index (χ0n) is 9.42. The molecule has 0 aromatic heterocycles. The number of nitriles is 2. The molecule has 0 amide bonds. The number of ether oxygens (including phenoxy) is 1. The molecule has 2 aromatic carbocycles. The quantitative estimate of drug-likeness (QED) is 0.811. The van der Waals surface area contributed by atoms with Gasteiger partial charge in [0.25, 0.3) is 0 Å². The van der Waals surface area contributed by atoms with E-state index in [2.05, 4.69) is 0 Å². The molecular formula is C14H9N3O. The van der Waals surface area contributed by atoms with E-state index >= 15 is 0 Å². The van der Waals surface area contributed by atoms with Crippen LogP contribution in [-0.4, -0.2) is 0 Å². The third-order valence-electron chi connectivity index (χ3n) is 2.37. The fraction of sp³-hybridized carbons (Fsp3) is 0. The van der Waals surface area contributed by atoms with Gasteiger partial charge in [0.15, 0.2) is 0 Å². The third kappa shape index (κ3) is 2.23. The van der Waals surface area contributed by atoms with Crippen molar-refractivity contribution in [2.24, 2.45) is 0 Å². The summed E-state index contributed by atoms with van der Waals surface area (Å²) < 4.78 is 5.57. The maximum Gasteiger partial charge on any atom is 0.146 e. The summed E-state index contributed by atoms with van der Waals surface area (Å²) >= 11 is 0. The van der Waals surface area contributed by atoms with Crippen LogP contribution in [0.15, 0.2) is 42.5 Å². The van der Waals surface area contributed by atoms with Crippen LogP contribution in [0.25, 0.3) is 0 Å². The van der Waals surface area contributed by atoms with Gasteiger partial charge >= 0.3 is 0 Å². The normalized spacial score (nSPS) is 9.22. The van der Waals surface area contributed by atoms with Crippen LogP contribution in [0.4, 0.5) is 5.69 Å². The highest BCUT2D eigenvalue weighted by molar-refractivity contribution is 5.55. The zero-order chi connectivity index (χ0) is 13.0. The highest BCUT2D eigenvalue weighted by Crippen LogP contribution is 2.27. The van der Waals surface area contributed by atoms with E-state index in [-0.39, 0.29) is 5.56 Å². The van der Waals surface area contributed by atoms with Gasteiger partial charge in [-0.3, -0.25) is 0 Å². The van der Waals surface area contributed by atoms with E-state index in [4.69, 9.17) is 21.0 Å². The van der Waals surface area contributed by atoms with E-state index in [1.165, 1.54) is 0 Å². The van der Waals surface area contributed by atoms with Crippen LogP contribution in [0.1, 0.15) is 11.1 Å². The number of anilines is 1. The van der Waals surface area contributed by atoms with E-state index in [9.17, 15) is 0 Å². The third-order valence-corrected chi connectivity index (χ3v) is 2.37. The van der Waals surface area contributed by atoms with Crippen LogP contribution in [-0.2, 0) is 0 Å². The maximum absolute atomic E-state index is 9.05. The lowest BCUT2D eigenvalue weighted by molar-refractivity contribution is 0.481.